The normalized spacial score (nSPS) is 14.4. The fourth-order valence-electron chi connectivity index (χ4n) is 3.25. The van der Waals surface area contributed by atoms with E-state index in [1.165, 1.54) is 0 Å². The summed E-state index contributed by atoms with van der Waals surface area (Å²) in [6.07, 6.45) is 0.00985. The van der Waals surface area contributed by atoms with E-state index in [0.29, 0.717) is 17.2 Å². The molecule has 0 bridgehead atoms. The second kappa shape index (κ2) is 9.06. The third kappa shape index (κ3) is 6.30. The highest BCUT2D eigenvalue weighted by Gasteiger charge is 2.31. The van der Waals surface area contributed by atoms with Crippen molar-refractivity contribution in [1.82, 2.24) is 0 Å². The summed E-state index contributed by atoms with van der Waals surface area (Å²) in [5.41, 5.74) is 2.39. The fraction of sp³-hybridized carbons (Fsp3) is 0.727. The summed E-state index contributed by atoms with van der Waals surface area (Å²) in [5, 5.41) is 0. The van der Waals surface area contributed by atoms with Crippen LogP contribution < -0.4 is 0 Å². The molecule has 0 saturated heterocycles. The minimum absolute atomic E-state index is 0.0836. The van der Waals surface area contributed by atoms with Crippen molar-refractivity contribution in [1.29, 1.82) is 0 Å². The van der Waals surface area contributed by atoms with E-state index in [0.717, 1.165) is 16.7 Å². The van der Waals surface area contributed by atoms with E-state index in [4.69, 9.17) is 8.92 Å². The zero-order valence-corrected chi connectivity index (χ0v) is 19.5. The minimum Gasteiger partial charge on any atom is -0.379 e. The first-order chi connectivity index (χ1) is 12.2. The molecule has 0 N–H and O–H groups in total. The molecule has 0 spiro atoms. The van der Waals surface area contributed by atoms with Crippen molar-refractivity contribution in [2.24, 2.45) is 0 Å². The van der Waals surface area contributed by atoms with Crippen molar-refractivity contribution in [2.75, 3.05) is 7.11 Å². The average molecular weight is 399 g/mol. The molecule has 0 fully saturated rings. The van der Waals surface area contributed by atoms with Crippen molar-refractivity contribution in [3.8, 4) is 0 Å². The third-order valence-corrected chi connectivity index (χ3v) is 6.51. The highest BCUT2D eigenvalue weighted by atomic mass is 32.2. The first-order valence-electron chi connectivity index (χ1n) is 9.88. The van der Waals surface area contributed by atoms with Gasteiger partial charge >= 0.3 is 0 Å². The van der Waals surface area contributed by atoms with Gasteiger partial charge < -0.3 is 4.74 Å². The van der Waals surface area contributed by atoms with Crippen molar-refractivity contribution >= 4 is 10.1 Å². The zero-order chi connectivity index (χ0) is 21.2. The van der Waals surface area contributed by atoms with Crippen LogP contribution in [0.2, 0.25) is 0 Å². The molecule has 1 unspecified atom stereocenters. The van der Waals surface area contributed by atoms with Gasteiger partial charge in [0.25, 0.3) is 10.1 Å². The molecule has 0 radical (unpaired) electrons. The standard InChI is InChI=1S/C22H38O4S/c1-14(2)18-11-19(15(3)4)21(20(12-18)16(5)6)27(23,24)26-17(7)13-22(8,9)25-10/h11-12,14-17H,13H2,1-10H3. The van der Waals surface area contributed by atoms with E-state index in [1.807, 2.05) is 53.7 Å². The number of benzene rings is 1. The van der Waals surface area contributed by atoms with Crippen LogP contribution in [0.1, 0.15) is 103 Å². The lowest BCUT2D eigenvalue weighted by atomic mass is 9.89. The molecule has 0 amide bonds. The lowest BCUT2D eigenvalue weighted by Crippen LogP contribution is -2.30. The maximum atomic E-state index is 13.3. The van der Waals surface area contributed by atoms with Gasteiger partial charge in [0, 0.05) is 13.5 Å². The van der Waals surface area contributed by atoms with Gasteiger partial charge in [-0.25, -0.2) is 0 Å². The molecule has 1 aromatic carbocycles. The summed E-state index contributed by atoms with van der Waals surface area (Å²) in [6.45, 7) is 18.0. The Morgan fingerprint density at radius 3 is 1.67 bits per heavy atom. The number of hydrogen-bond acceptors (Lipinski definition) is 4. The van der Waals surface area contributed by atoms with Gasteiger partial charge in [0.1, 0.15) is 4.90 Å². The Hall–Kier alpha value is -0.910. The molecular formula is C22H38O4S. The van der Waals surface area contributed by atoms with Crippen molar-refractivity contribution in [3.63, 3.8) is 0 Å². The topological polar surface area (TPSA) is 52.6 Å². The lowest BCUT2D eigenvalue weighted by Gasteiger charge is -2.27. The van der Waals surface area contributed by atoms with Gasteiger partial charge in [-0.3, -0.25) is 4.18 Å². The van der Waals surface area contributed by atoms with Crippen LogP contribution in [0, 0.1) is 0 Å². The van der Waals surface area contributed by atoms with Crippen molar-refractivity contribution in [3.05, 3.63) is 28.8 Å². The van der Waals surface area contributed by atoms with E-state index in [9.17, 15) is 8.42 Å². The summed E-state index contributed by atoms with van der Waals surface area (Å²) >= 11 is 0. The Morgan fingerprint density at radius 1 is 0.889 bits per heavy atom. The molecular weight excluding hydrogens is 360 g/mol. The Kier molecular flexibility index (Phi) is 8.10. The molecule has 27 heavy (non-hydrogen) atoms. The van der Waals surface area contributed by atoms with Crippen LogP contribution in [0.15, 0.2) is 17.0 Å². The number of methoxy groups -OCH3 is 1. The molecule has 1 rings (SSSR count). The zero-order valence-electron chi connectivity index (χ0n) is 18.7. The molecule has 1 atom stereocenters. The Bertz CT molecular complexity index is 702. The van der Waals surface area contributed by atoms with Crippen LogP contribution in [0.4, 0.5) is 0 Å². The van der Waals surface area contributed by atoms with Crippen LogP contribution in [-0.2, 0) is 19.0 Å². The van der Waals surface area contributed by atoms with Crippen molar-refractivity contribution < 1.29 is 17.3 Å². The summed E-state index contributed by atoms with van der Waals surface area (Å²) in [5.74, 6) is 0.500. The number of hydrogen-bond donors (Lipinski definition) is 0. The van der Waals surface area contributed by atoms with Crippen LogP contribution >= 0.6 is 0 Å². The molecule has 0 aromatic heterocycles. The van der Waals surface area contributed by atoms with E-state index >= 15 is 0 Å². The lowest BCUT2D eigenvalue weighted by molar-refractivity contribution is -0.00898. The van der Waals surface area contributed by atoms with E-state index in [1.54, 1.807) is 14.0 Å². The van der Waals surface area contributed by atoms with Crippen LogP contribution in [0.25, 0.3) is 0 Å². The Balaban J connectivity index is 3.48. The van der Waals surface area contributed by atoms with Gasteiger partial charge in [-0.15, -0.1) is 0 Å². The molecule has 0 aliphatic rings. The molecule has 0 saturated carbocycles. The molecule has 0 aliphatic heterocycles. The highest BCUT2D eigenvalue weighted by Crippen LogP contribution is 2.36. The second-order valence-electron chi connectivity index (χ2n) is 9.02. The van der Waals surface area contributed by atoms with Gasteiger partial charge in [-0.05, 0) is 55.2 Å². The summed E-state index contributed by atoms with van der Waals surface area (Å²) < 4.78 is 37.6. The Labute approximate surface area is 166 Å². The predicted molar refractivity (Wildman–Crippen MR) is 112 cm³/mol. The first kappa shape index (κ1) is 24.1. The van der Waals surface area contributed by atoms with Gasteiger partial charge in [-0.1, -0.05) is 53.7 Å². The van der Waals surface area contributed by atoms with Gasteiger partial charge in [0.05, 0.1) is 11.7 Å². The third-order valence-electron chi connectivity index (χ3n) is 4.95. The first-order valence-corrected chi connectivity index (χ1v) is 11.3. The molecule has 156 valence electrons. The SMILES string of the molecule is COC(C)(C)CC(C)OS(=O)(=O)c1c(C(C)C)cc(C(C)C)cc1C(C)C. The van der Waals surface area contributed by atoms with Gasteiger partial charge in [-0.2, -0.15) is 8.42 Å². The highest BCUT2D eigenvalue weighted by molar-refractivity contribution is 7.86. The number of rotatable bonds is 9. The van der Waals surface area contributed by atoms with Crippen LogP contribution in [-0.4, -0.2) is 27.2 Å². The largest absolute Gasteiger partial charge is 0.379 e. The fourth-order valence-corrected chi connectivity index (χ4v) is 5.02. The second-order valence-corrected chi connectivity index (χ2v) is 10.5. The smallest absolute Gasteiger partial charge is 0.297 e. The maximum absolute atomic E-state index is 13.3. The monoisotopic (exact) mass is 398 g/mol. The number of ether oxygens (including phenoxy) is 1. The average Bonchev–Trinajstić information content (AvgIpc) is 2.52. The summed E-state index contributed by atoms with van der Waals surface area (Å²) in [4.78, 5) is 0.346. The molecule has 0 aliphatic carbocycles. The van der Waals surface area contributed by atoms with Crippen LogP contribution in [0.5, 0.6) is 0 Å². The molecule has 5 heteroatoms. The minimum atomic E-state index is -3.89. The quantitative estimate of drug-likeness (QED) is 0.481. The van der Waals surface area contributed by atoms with E-state index < -0.39 is 21.8 Å². The van der Waals surface area contributed by atoms with Gasteiger partial charge in [0.2, 0.25) is 0 Å². The molecule has 0 heterocycles. The van der Waals surface area contributed by atoms with Gasteiger partial charge in [0.15, 0.2) is 0 Å². The Morgan fingerprint density at radius 2 is 1.33 bits per heavy atom. The molecule has 4 nitrogen and oxygen atoms in total. The van der Waals surface area contributed by atoms with E-state index in [2.05, 4.69) is 13.8 Å². The predicted octanol–water partition coefficient (Wildman–Crippen LogP) is 5.97. The maximum Gasteiger partial charge on any atom is 0.297 e. The summed E-state index contributed by atoms with van der Waals surface area (Å²) in [6, 6.07) is 4.06. The van der Waals surface area contributed by atoms with Crippen LogP contribution in [0.3, 0.4) is 0 Å². The van der Waals surface area contributed by atoms with E-state index in [-0.39, 0.29) is 11.8 Å². The molecule has 1 aromatic rings. The van der Waals surface area contributed by atoms with Crippen molar-refractivity contribution in [2.45, 2.75) is 103 Å². The summed E-state index contributed by atoms with van der Waals surface area (Å²) in [7, 11) is -2.26.